The monoisotopic (exact) mass is 208 g/mol. The lowest BCUT2D eigenvalue weighted by molar-refractivity contribution is -0.133. The van der Waals surface area contributed by atoms with Crippen molar-refractivity contribution >= 4 is 5.91 Å². The topological polar surface area (TPSA) is 64.2 Å². The molecule has 1 amide bonds. The molecule has 0 bridgehead atoms. The molecule has 1 saturated heterocycles. The van der Waals surface area contributed by atoms with Gasteiger partial charge in [-0.2, -0.15) is 5.10 Å². The quantitative estimate of drug-likeness (QED) is 0.734. The summed E-state index contributed by atoms with van der Waals surface area (Å²) < 4.78 is 1.64. The Hall–Kier alpha value is -1.36. The molecule has 1 aromatic rings. The lowest BCUT2D eigenvalue weighted by atomic mass is 10.1. The maximum atomic E-state index is 11.8. The molecule has 1 aromatic heterocycles. The lowest BCUT2D eigenvalue weighted by Crippen LogP contribution is -2.46. The van der Waals surface area contributed by atoms with Crippen LogP contribution in [0.3, 0.4) is 0 Å². The third-order valence-electron chi connectivity index (χ3n) is 2.67. The molecular weight excluding hydrogens is 192 g/mol. The summed E-state index contributed by atoms with van der Waals surface area (Å²) >= 11 is 0. The van der Waals surface area contributed by atoms with Crippen molar-refractivity contribution in [3.8, 4) is 0 Å². The average Bonchev–Trinajstić information content (AvgIpc) is 2.70. The average molecular weight is 208 g/mol. The van der Waals surface area contributed by atoms with Crippen LogP contribution in [0.1, 0.15) is 12.8 Å². The molecular formula is C10H16N4O. The van der Waals surface area contributed by atoms with Crippen molar-refractivity contribution in [1.29, 1.82) is 0 Å². The fourth-order valence-electron chi connectivity index (χ4n) is 1.87. The smallest absolute Gasteiger partial charge is 0.244 e. The van der Waals surface area contributed by atoms with E-state index in [1.807, 2.05) is 11.0 Å². The van der Waals surface area contributed by atoms with Crippen LogP contribution in [-0.4, -0.2) is 39.7 Å². The van der Waals surface area contributed by atoms with Crippen LogP contribution in [-0.2, 0) is 11.3 Å². The highest BCUT2D eigenvalue weighted by molar-refractivity contribution is 5.76. The van der Waals surface area contributed by atoms with Gasteiger partial charge < -0.3 is 10.6 Å². The summed E-state index contributed by atoms with van der Waals surface area (Å²) in [6.45, 7) is 1.83. The number of nitrogens with two attached hydrogens (primary N) is 1. The summed E-state index contributed by atoms with van der Waals surface area (Å²) in [7, 11) is 0. The third kappa shape index (κ3) is 2.56. The molecule has 1 fully saturated rings. The predicted molar refractivity (Wildman–Crippen MR) is 56.0 cm³/mol. The van der Waals surface area contributed by atoms with E-state index in [4.69, 9.17) is 5.73 Å². The molecule has 0 spiro atoms. The van der Waals surface area contributed by atoms with Gasteiger partial charge in [-0.15, -0.1) is 0 Å². The minimum absolute atomic E-state index is 0.105. The number of carbonyl (C=O) groups is 1. The number of rotatable bonds is 2. The zero-order valence-electron chi connectivity index (χ0n) is 8.67. The summed E-state index contributed by atoms with van der Waals surface area (Å²) in [4.78, 5) is 13.6. The number of carbonyl (C=O) groups excluding carboxylic acids is 1. The summed E-state index contributed by atoms with van der Waals surface area (Å²) in [5, 5.41) is 4.01. The van der Waals surface area contributed by atoms with Crippen molar-refractivity contribution in [2.24, 2.45) is 5.73 Å². The second kappa shape index (κ2) is 4.44. The first kappa shape index (κ1) is 10.2. The van der Waals surface area contributed by atoms with Crippen LogP contribution in [0, 0.1) is 0 Å². The fraction of sp³-hybridized carbons (Fsp3) is 0.600. The molecule has 82 valence electrons. The van der Waals surface area contributed by atoms with Crippen LogP contribution in [0.4, 0.5) is 0 Å². The van der Waals surface area contributed by atoms with Crippen LogP contribution in [0.25, 0.3) is 0 Å². The van der Waals surface area contributed by atoms with Crippen molar-refractivity contribution in [1.82, 2.24) is 14.7 Å². The SMILES string of the molecule is N[C@H]1CCCN(C(=O)Cn2cccn2)C1. The molecule has 2 rings (SSSR count). The standard InChI is InChI=1S/C10H16N4O/c11-9-3-1-5-13(7-9)10(15)8-14-6-2-4-12-14/h2,4,6,9H,1,3,5,7-8,11H2/t9-/m0/s1. The Morgan fingerprint density at radius 3 is 3.13 bits per heavy atom. The molecule has 1 aliphatic rings. The molecule has 2 N–H and O–H groups in total. The molecule has 5 nitrogen and oxygen atoms in total. The number of aromatic nitrogens is 2. The van der Waals surface area contributed by atoms with E-state index >= 15 is 0 Å². The molecule has 1 atom stereocenters. The third-order valence-corrected chi connectivity index (χ3v) is 2.67. The van der Waals surface area contributed by atoms with E-state index in [1.165, 1.54) is 0 Å². The van der Waals surface area contributed by atoms with Crippen LogP contribution in [0.2, 0.25) is 0 Å². The zero-order chi connectivity index (χ0) is 10.7. The van der Waals surface area contributed by atoms with Crippen molar-refractivity contribution < 1.29 is 4.79 Å². The van der Waals surface area contributed by atoms with E-state index in [2.05, 4.69) is 5.10 Å². The fourth-order valence-corrected chi connectivity index (χ4v) is 1.87. The highest BCUT2D eigenvalue weighted by atomic mass is 16.2. The first-order valence-electron chi connectivity index (χ1n) is 5.26. The van der Waals surface area contributed by atoms with E-state index in [1.54, 1.807) is 17.1 Å². The van der Waals surface area contributed by atoms with Crippen molar-refractivity contribution in [2.75, 3.05) is 13.1 Å². The highest BCUT2D eigenvalue weighted by Crippen LogP contribution is 2.08. The number of nitrogens with zero attached hydrogens (tertiary/aromatic N) is 3. The van der Waals surface area contributed by atoms with Gasteiger partial charge in [-0.25, -0.2) is 0 Å². The van der Waals surface area contributed by atoms with Gasteiger partial charge in [-0.05, 0) is 18.9 Å². The van der Waals surface area contributed by atoms with Crippen molar-refractivity contribution in [2.45, 2.75) is 25.4 Å². The predicted octanol–water partition coefficient (Wildman–Crippen LogP) is -0.167. The Labute approximate surface area is 88.8 Å². The second-order valence-electron chi connectivity index (χ2n) is 3.95. The molecule has 0 radical (unpaired) electrons. The Bertz CT molecular complexity index is 322. The van der Waals surface area contributed by atoms with E-state index < -0.39 is 0 Å². The Balaban J connectivity index is 1.90. The summed E-state index contributed by atoms with van der Waals surface area (Å²) in [6, 6.07) is 1.95. The Kier molecular flexibility index (Phi) is 3.01. The molecule has 0 saturated carbocycles. The van der Waals surface area contributed by atoms with Gasteiger partial charge in [0.15, 0.2) is 0 Å². The number of amides is 1. The Morgan fingerprint density at radius 2 is 2.47 bits per heavy atom. The molecule has 0 aliphatic carbocycles. The van der Waals surface area contributed by atoms with Crippen LogP contribution < -0.4 is 5.73 Å². The van der Waals surface area contributed by atoms with Gasteiger partial charge in [-0.1, -0.05) is 0 Å². The summed E-state index contributed by atoms with van der Waals surface area (Å²) in [6.07, 6.45) is 5.49. The van der Waals surface area contributed by atoms with Crippen molar-refractivity contribution in [3.63, 3.8) is 0 Å². The molecule has 1 aliphatic heterocycles. The van der Waals surface area contributed by atoms with Gasteiger partial charge in [0.05, 0.1) is 0 Å². The summed E-state index contributed by atoms with van der Waals surface area (Å²) in [5.74, 6) is 0.105. The van der Waals surface area contributed by atoms with Gasteiger partial charge in [0.1, 0.15) is 6.54 Å². The first-order chi connectivity index (χ1) is 7.25. The van der Waals surface area contributed by atoms with E-state index in [9.17, 15) is 4.79 Å². The zero-order valence-corrected chi connectivity index (χ0v) is 8.67. The Morgan fingerprint density at radius 1 is 1.60 bits per heavy atom. The van der Waals surface area contributed by atoms with E-state index in [0.29, 0.717) is 13.1 Å². The number of hydrogen-bond donors (Lipinski definition) is 1. The minimum Gasteiger partial charge on any atom is -0.340 e. The number of piperidine rings is 1. The lowest BCUT2D eigenvalue weighted by Gasteiger charge is -2.30. The van der Waals surface area contributed by atoms with E-state index in [-0.39, 0.29) is 11.9 Å². The van der Waals surface area contributed by atoms with E-state index in [0.717, 1.165) is 19.4 Å². The van der Waals surface area contributed by atoms with Gasteiger partial charge in [0.25, 0.3) is 0 Å². The van der Waals surface area contributed by atoms with Crippen molar-refractivity contribution in [3.05, 3.63) is 18.5 Å². The molecule has 0 unspecified atom stereocenters. The number of likely N-dealkylation sites (tertiary alicyclic amines) is 1. The summed E-state index contributed by atoms with van der Waals surface area (Å²) in [5.41, 5.74) is 5.82. The van der Waals surface area contributed by atoms with Gasteiger partial charge in [-0.3, -0.25) is 9.48 Å². The minimum atomic E-state index is 0.105. The van der Waals surface area contributed by atoms with Crippen LogP contribution in [0.5, 0.6) is 0 Å². The van der Waals surface area contributed by atoms with Gasteiger partial charge >= 0.3 is 0 Å². The van der Waals surface area contributed by atoms with Crippen LogP contribution in [0.15, 0.2) is 18.5 Å². The second-order valence-corrected chi connectivity index (χ2v) is 3.95. The maximum absolute atomic E-state index is 11.8. The van der Waals surface area contributed by atoms with Gasteiger partial charge in [0.2, 0.25) is 5.91 Å². The normalized spacial score (nSPS) is 21.7. The maximum Gasteiger partial charge on any atom is 0.244 e. The molecule has 0 aromatic carbocycles. The van der Waals surface area contributed by atoms with Crippen LogP contribution >= 0.6 is 0 Å². The molecule has 15 heavy (non-hydrogen) atoms. The van der Waals surface area contributed by atoms with Gasteiger partial charge in [0, 0.05) is 31.5 Å². The molecule has 2 heterocycles. The molecule has 5 heteroatoms. The number of hydrogen-bond acceptors (Lipinski definition) is 3. The first-order valence-corrected chi connectivity index (χ1v) is 5.26. The largest absolute Gasteiger partial charge is 0.340 e. The highest BCUT2D eigenvalue weighted by Gasteiger charge is 2.21.